The van der Waals surface area contributed by atoms with Crippen molar-refractivity contribution in [3.63, 3.8) is 0 Å². The molecule has 0 N–H and O–H groups in total. The van der Waals surface area contributed by atoms with Gasteiger partial charge in [-0.2, -0.15) is 0 Å². The van der Waals surface area contributed by atoms with E-state index >= 15 is 0 Å². The number of ether oxygens (including phenoxy) is 4. The minimum atomic E-state index is -0.453. The normalized spacial score (nSPS) is 23.1. The average Bonchev–Trinajstić information content (AvgIpc) is 2.97. The average molecular weight is 340 g/mol. The summed E-state index contributed by atoms with van der Waals surface area (Å²) in [6, 6.07) is 20.1. The number of hydrogen-bond acceptors (Lipinski definition) is 4. The predicted molar refractivity (Wildman–Crippen MR) is 95.9 cm³/mol. The van der Waals surface area contributed by atoms with Gasteiger partial charge in [-0.15, -0.1) is 0 Å². The van der Waals surface area contributed by atoms with Crippen molar-refractivity contribution in [3.05, 3.63) is 83.9 Å². The Morgan fingerprint density at radius 2 is 1.52 bits per heavy atom. The quantitative estimate of drug-likeness (QED) is 0.687. The van der Waals surface area contributed by atoms with Gasteiger partial charge in [-0.05, 0) is 11.1 Å². The molecule has 0 aliphatic carbocycles. The van der Waals surface area contributed by atoms with Crippen LogP contribution in [0.4, 0.5) is 0 Å². The minimum Gasteiger partial charge on any atom is -0.374 e. The van der Waals surface area contributed by atoms with E-state index in [1.807, 2.05) is 60.7 Å². The van der Waals surface area contributed by atoms with Crippen molar-refractivity contribution in [2.75, 3.05) is 13.7 Å². The van der Waals surface area contributed by atoms with Gasteiger partial charge in [-0.1, -0.05) is 67.2 Å². The molecule has 1 aliphatic heterocycles. The molecule has 0 saturated carbocycles. The summed E-state index contributed by atoms with van der Waals surface area (Å²) in [5, 5.41) is 0. The van der Waals surface area contributed by atoms with E-state index in [2.05, 4.69) is 6.58 Å². The maximum atomic E-state index is 6.06. The van der Waals surface area contributed by atoms with Crippen molar-refractivity contribution in [1.82, 2.24) is 0 Å². The van der Waals surface area contributed by atoms with Crippen LogP contribution in [0.15, 0.2) is 72.8 Å². The standard InChI is InChI=1S/C21H24O4/c1-16-20(24-14-18-11-7-4-8-12-18)19(25-21(16)22-2)15-23-13-17-9-5-3-6-10-17/h3-12,19-21H,1,13-15H2,2H3. The summed E-state index contributed by atoms with van der Waals surface area (Å²) in [4.78, 5) is 0. The molecule has 3 rings (SSSR count). The first-order valence-electron chi connectivity index (χ1n) is 8.42. The van der Waals surface area contributed by atoms with Crippen LogP contribution in [0.3, 0.4) is 0 Å². The molecule has 1 heterocycles. The lowest BCUT2D eigenvalue weighted by molar-refractivity contribution is -0.133. The van der Waals surface area contributed by atoms with Gasteiger partial charge in [-0.25, -0.2) is 0 Å². The van der Waals surface area contributed by atoms with E-state index in [9.17, 15) is 0 Å². The molecule has 0 aromatic heterocycles. The molecule has 0 radical (unpaired) electrons. The van der Waals surface area contributed by atoms with Gasteiger partial charge in [-0.3, -0.25) is 0 Å². The smallest absolute Gasteiger partial charge is 0.182 e. The molecule has 1 fully saturated rings. The summed E-state index contributed by atoms with van der Waals surface area (Å²) < 4.78 is 23.1. The molecule has 4 heteroatoms. The van der Waals surface area contributed by atoms with Crippen LogP contribution in [0.2, 0.25) is 0 Å². The Kier molecular flexibility index (Phi) is 6.36. The van der Waals surface area contributed by atoms with Crippen molar-refractivity contribution < 1.29 is 18.9 Å². The van der Waals surface area contributed by atoms with E-state index in [1.54, 1.807) is 7.11 Å². The fraction of sp³-hybridized carbons (Fsp3) is 0.333. The van der Waals surface area contributed by atoms with E-state index in [4.69, 9.17) is 18.9 Å². The van der Waals surface area contributed by atoms with E-state index in [0.29, 0.717) is 19.8 Å². The molecule has 2 aromatic carbocycles. The zero-order valence-corrected chi connectivity index (χ0v) is 14.5. The number of benzene rings is 2. The fourth-order valence-electron chi connectivity index (χ4n) is 2.87. The Labute approximate surface area is 149 Å². The van der Waals surface area contributed by atoms with Gasteiger partial charge in [0.05, 0.1) is 19.8 Å². The fourth-order valence-corrected chi connectivity index (χ4v) is 2.87. The van der Waals surface area contributed by atoms with Crippen LogP contribution in [0.25, 0.3) is 0 Å². The van der Waals surface area contributed by atoms with E-state index in [1.165, 1.54) is 0 Å². The van der Waals surface area contributed by atoms with Crippen LogP contribution in [0, 0.1) is 0 Å². The van der Waals surface area contributed by atoms with Crippen molar-refractivity contribution in [2.24, 2.45) is 0 Å². The highest BCUT2D eigenvalue weighted by Gasteiger charge is 2.39. The van der Waals surface area contributed by atoms with Crippen LogP contribution in [-0.2, 0) is 32.2 Å². The van der Waals surface area contributed by atoms with Gasteiger partial charge in [0.1, 0.15) is 12.2 Å². The first kappa shape index (κ1) is 17.8. The molecular formula is C21H24O4. The van der Waals surface area contributed by atoms with Gasteiger partial charge in [0.25, 0.3) is 0 Å². The Morgan fingerprint density at radius 3 is 2.12 bits per heavy atom. The lowest BCUT2D eigenvalue weighted by atomic mass is 10.1. The topological polar surface area (TPSA) is 36.9 Å². The summed E-state index contributed by atoms with van der Waals surface area (Å²) in [5.41, 5.74) is 3.04. The Hall–Kier alpha value is -1.98. The van der Waals surface area contributed by atoms with Crippen molar-refractivity contribution in [3.8, 4) is 0 Å². The van der Waals surface area contributed by atoms with Crippen LogP contribution >= 0.6 is 0 Å². The third-order valence-corrected chi connectivity index (χ3v) is 4.18. The molecule has 0 amide bonds. The van der Waals surface area contributed by atoms with Gasteiger partial charge in [0.2, 0.25) is 0 Å². The van der Waals surface area contributed by atoms with E-state index in [0.717, 1.165) is 16.7 Å². The summed E-state index contributed by atoms with van der Waals surface area (Å²) in [7, 11) is 1.61. The van der Waals surface area contributed by atoms with Crippen LogP contribution in [-0.4, -0.2) is 32.2 Å². The Bertz CT molecular complexity index is 656. The molecule has 25 heavy (non-hydrogen) atoms. The second-order valence-corrected chi connectivity index (χ2v) is 6.04. The second kappa shape index (κ2) is 8.92. The first-order valence-corrected chi connectivity index (χ1v) is 8.42. The molecule has 2 aromatic rings. The molecule has 4 nitrogen and oxygen atoms in total. The predicted octanol–water partition coefficient (Wildman–Crippen LogP) is 3.72. The molecule has 0 bridgehead atoms. The van der Waals surface area contributed by atoms with Crippen molar-refractivity contribution in [1.29, 1.82) is 0 Å². The lowest BCUT2D eigenvalue weighted by Crippen LogP contribution is -2.30. The molecule has 1 aliphatic rings. The summed E-state index contributed by atoms with van der Waals surface area (Å²) in [6.45, 7) is 5.55. The number of hydrogen-bond donors (Lipinski definition) is 0. The number of methoxy groups -OCH3 is 1. The molecule has 1 saturated heterocycles. The molecule has 0 spiro atoms. The zero-order valence-electron chi connectivity index (χ0n) is 14.5. The Morgan fingerprint density at radius 1 is 0.920 bits per heavy atom. The van der Waals surface area contributed by atoms with E-state index < -0.39 is 6.29 Å². The molecule has 3 unspecified atom stereocenters. The Balaban J connectivity index is 1.56. The summed E-state index contributed by atoms with van der Waals surface area (Å²) >= 11 is 0. The van der Waals surface area contributed by atoms with Crippen LogP contribution < -0.4 is 0 Å². The number of rotatable bonds is 8. The first-order chi connectivity index (χ1) is 12.3. The highest BCUT2D eigenvalue weighted by Crippen LogP contribution is 2.29. The maximum absolute atomic E-state index is 6.06. The van der Waals surface area contributed by atoms with Gasteiger partial charge in [0.15, 0.2) is 6.29 Å². The van der Waals surface area contributed by atoms with Crippen molar-refractivity contribution >= 4 is 0 Å². The van der Waals surface area contributed by atoms with Crippen molar-refractivity contribution in [2.45, 2.75) is 31.7 Å². The van der Waals surface area contributed by atoms with E-state index in [-0.39, 0.29) is 12.2 Å². The second-order valence-electron chi connectivity index (χ2n) is 6.04. The lowest BCUT2D eigenvalue weighted by Gasteiger charge is -2.19. The van der Waals surface area contributed by atoms with Gasteiger partial charge >= 0.3 is 0 Å². The van der Waals surface area contributed by atoms with Gasteiger partial charge < -0.3 is 18.9 Å². The third-order valence-electron chi connectivity index (χ3n) is 4.18. The summed E-state index contributed by atoms with van der Waals surface area (Å²) in [5.74, 6) is 0. The highest BCUT2D eigenvalue weighted by atomic mass is 16.7. The van der Waals surface area contributed by atoms with Crippen LogP contribution in [0.1, 0.15) is 11.1 Å². The zero-order chi connectivity index (χ0) is 17.5. The molecule has 3 atom stereocenters. The summed E-state index contributed by atoms with van der Waals surface area (Å²) in [6.07, 6.45) is -0.933. The molecular weight excluding hydrogens is 316 g/mol. The largest absolute Gasteiger partial charge is 0.374 e. The molecule has 132 valence electrons. The van der Waals surface area contributed by atoms with Crippen LogP contribution in [0.5, 0.6) is 0 Å². The van der Waals surface area contributed by atoms with Gasteiger partial charge in [0, 0.05) is 12.7 Å². The highest BCUT2D eigenvalue weighted by molar-refractivity contribution is 5.17. The third kappa shape index (κ3) is 4.77. The maximum Gasteiger partial charge on any atom is 0.182 e. The minimum absolute atomic E-state index is 0.232. The monoisotopic (exact) mass is 340 g/mol. The SMILES string of the molecule is C=C1C(OC)OC(COCc2ccccc2)C1OCc1ccccc1.